The molecule has 0 aliphatic carbocycles. The summed E-state index contributed by atoms with van der Waals surface area (Å²) in [7, 11) is -1.65. The van der Waals surface area contributed by atoms with Crippen LogP contribution in [0.1, 0.15) is 10.4 Å². The molecule has 18 heavy (non-hydrogen) atoms. The minimum atomic E-state index is -1.65. The Bertz CT molecular complexity index is 604. The molecule has 0 saturated carbocycles. The average Bonchev–Trinajstić information content (AvgIpc) is 3.12. The van der Waals surface area contributed by atoms with Crippen LogP contribution in [0.5, 0.6) is 0 Å². The molecule has 1 aliphatic heterocycles. The summed E-state index contributed by atoms with van der Waals surface area (Å²) >= 11 is 0. The highest BCUT2D eigenvalue weighted by Crippen LogP contribution is 2.47. The SMILES string of the molecule is O=C(c1ccccc1B(O)O)N1c2ccccc21. The van der Waals surface area contributed by atoms with Gasteiger partial charge in [-0.25, -0.2) is 0 Å². The molecule has 0 aromatic heterocycles. The number of para-hydroxylation sites is 2. The summed E-state index contributed by atoms with van der Waals surface area (Å²) in [4.78, 5) is 13.8. The van der Waals surface area contributed by atoms with Crippen molar-refractivity contribution in [3.8, 4) is 0 Å². The summed E-state index contributed by atoms with van der Waals surface area (Å²) < 4.78 is 0. The Kier molecular flexibility index (Phi) is 2.43. The van der Waals surface area contributed by atoms with Gasteiger partial charge in [0.15, 0.2) is 0 Å². The van der Waals surface area contributed by atoms with Crippen molar-refractivity contribution in [2.24, 2.45) is 0 Å². The van der Waals surface area contributed by atoms with Crippen molar-refractivity contribution >= 4 is 29.9 Å². The summed E-state index contributed by atoms with van der Waals surface area (Å²) in [6, 6.07) is 13.9. The molecule has 1 heterocycles. The first-order valence-electron chi connectivity index (χ1n) is 5.58. The van der Waals surface area contributed by atoms with E-state index < -0.39 is 7.12 Å². The first-order valence-corrected chi connectivity index (χ1v) is 5.58. The Morgan fingerprint density at radius 3 is 2.11 bits per heavy atom. The highest BCUT2D eigenvalue weighted by molar-refractivity contribution is 6.60. The van der Waals surface area contributed by atoms with E-state index in [1.165, 1.54) is 6.07 Å². The minimum Gasteiger partial charge on any atom is -0.423 e. The summed E-state index contributed by atoms with van der Waals surface area (Å²) in [5, 5.41) is 18.5. The zero-order chi connectivity index (χ0) is 12.7. The molecule has 1 aliphatic rings. The molecule has 1 amide bonds. The third kappa shape index (κ3) is 1.61. The van der Waals surface area contributed by atoms with Crippen LogP contribution >= 0.6 is 0 Å². The zero-order valence-corrected chi connectivity index (χ0v) is 9.45. The number of carbonyl (C=O) groups excluding carboxylic acids is 1. The molecule has 0 atom stereocenters. The molecule has 2 aromatic carbocycles. The molecular weight excluding hydrogens is 229 g/mol. The van der Waals surface area contributed by atoms with Crippen molar-refractivity contribution in [2.75, 3.05) is 4.90 Å². The van der Waals surface area contributed by atoms with Crippen LogP contribution in [0.3, 0.4) is 0 Å². The van der Waals surface area contributed by atoms with Gasteiger partial charge in [0.1, 0.15) is 0 Å². The minimum absolute atomic E-state index is 0.223. The normalized spacial score (nSPS) is 12.0. The molecule has 88 valence electrons. The third-order valence-electron chi connectivity index (χ3n) is 2.99. The van der Waals surface area contributed by atoms with Crippen LogP contribution < -0.4 is 10.4 Å². The van der Waals surface area contributed by atoms with Crippen molar-refractivity contribution in [1.29, 1.82) is 0 Å². The number of rotatable bonds is 2. The van der Waals surface area contributed by atoms with Crippen molar-refractivity contribution in [1.82, 2.24) is 0 Å². The Hall–Kier alpha value is -2.11. The number of anilines is 2. The van der Waals surface area contributed by atoms with Gasteiger partial charge in [-0.1, -0.05) is 30.3 Å². The van der Waals surface area contributed by atoms with Crippen molar-refractivity contribution in [2.45, 2.75) is 0 Å². The van der Waals surface area contributed by atoms with Crippen LogP contribution in [0.4, 0.5) is 11.4 Å². The monoisotopic (exact) mass is 239 g/mol. The number of benzene rings is 2. The second-order valence-electron chi connectivity index (χ2n) is 4.09. The predicted molar refractivity (Wildman–Crippen MR) is 69.2 cm³/mol. The Balaban J connectivity index is 1.96. The molecule has 0 spiro atoms. The Morgan fingerprint density at radius 2 is 1.50 bits per heavy atom. The van der Waals surface area contributed by atoms with Gasteiger partial charge in [0, 0.05) is 5.56 Å². The lowest BCUT2D eigenvalue weighted by molar-refractivity contribution is 0.101. The molecule has 3 rings (SSSR count). The second-order valence-corrected chi connectivity index (χ2v) is 4.09. The van der Waals surface area contributed by atoms with E-state index in [0.29, 0.717) is 5.56 Å². The molecule has 0 fully saturated rings. The quantitative estimate of drug-likeness (QED) is 0.597. The van der Waals surface area contributed by atoms with Crippen molar-refractivity contribution < 1.29 is 14.8 Å². The van der Waals surface area contributed by atoms with Gasteiger partial charge in [-0.15, -0.1) is 0 Å². The fraction of sp³-hybridized carbons (Fsp3) is 0. The van der Waals surface area contributed by atoms with Gasteiger partial charge in [0.25, 0.3) is 5.91 Å². The number of nitrogens with zero attached hydrogens (tertiary/aromatic N) is 1. The maximum absolute atomic E-state index is 12.3. The molecule has 0 saturated heterocycles. The number of fused-ring (bicyclic) bond motifs is 1. The van der Waals surface area contributed by atoms with Gasteiger partial charge in [-0.2, -0.15) is 0 Å². The molecule has 2 aromatic rings. The Labute approximate surface area is 104 Å². The first-order chi connectivity index (χ1) is 8.70. The molecule has 0 radical (unpaired) electrons. The standard InChI is InChI=1S/C13H10BNO3/c16-13(15-11-7-3-4-8-12(11)15)9-5-1-2-6-10(9)14(17)18/h1-8,17-18H. The van der Waals surface area contributed by atoms with Gasteiger partial charge in [0.05, 0.1) is 11.4 Å². The van der Waals surface area contributed by atoms with E-state index in [-0.39, 0.29) is 11.4 Å². The van der Waals surface area contributed by atoms with E-state index in [1.807, 2.05) is 24.3 Å². The zero-order valence-electron chi connectivity index (χ0n) is 9.45. The lowest BCUT2D eigenvalue weighted by Crippen LogP contribution is -2.36. The number of carbonyl (C=O) groups is 1. The van der Waals surface area contributed by atoms with E-state index in [9.17, 15) is 14.8 Å². The smallest absolute Gasteiger partial charge is 0.423 e. The van der Waals surface area contributed by atoms with Crippen LogP contribution in [0.2, 0.25) is 0 Å². The van der Waals surface area contributed by atoms with E-state index in [0.717, 1.165) is 11.4 Å². The summed E-state index contributed by atoms with van der Waals surface area (Å²) in [6.45, 7) is 0. The fourth-order valence-corrected chi connectivity index (χ4v) is 2.06. The summed E-state index contributed by atoms with van der Waals surface area (Å²) in [5.41, 5.74) is 2.26. The number of amides is 1. The van der Waals surface area contributed by atoms with E-state index in [4.69, 9.17) is 0 Å². The van der Waals surface area contributed by atoms with Gasteiger partial charge in [-0.3, -0.25) is 9.69 Å². The number of hydrogen-bond donors (Lipinski definition) is 2. The maximum Gasteiger partial charge on any atom is 0.489 e. The number of hydrogen-bond acceptors (Lipinski definition) is 3. The van der Waals surface area contributed by atoms with Crippen LogP contribution in [0.15, 0.2) is 48.5 Å². The highest BCUT2D eigenvalue weighted by atomic mass is 16.4. The molecule has 0 bridgehead atoms. The molecule has 4 nitrogen and oxygen atoms in total. The third-order valence-corrected chi connectivity index (χ3v) is 2.99. The van der Waals surface area contributed by atoms with E-state index in [1.54, 1.807) is 23.1 Å². The maximum atomic E-state index is 12.3. The van der Waals surface area contributed by atoms with Crippen LogP contribution in [-0.2, 0) is 0 Å². The summed E-state index contributed by atoms with van der Waals surface area (Å²) in [5.74, 6) is -0.236. The topological polar surface area (TPSA) is 60.5 Å². The van der Waals surface area contributed by atoms with Crippen LogP contribution in [0.25, 0.3) is 0 Å². The van der Waals surface area contributed by atoms with E-state index >= 15 is 0 Å². The fourth-order valence-electron chi connectivity index (χ4n) is 2.06. The van der Waals surface area contributed by atoms with Crippen molar-refractivity contribution in [3.05, 3.63) is 54.1 Å². The van der Waals surface area contributed by atoms with Crippen molar-refractivity contribution in [3.63, 3.8) is 0 Å². The Morgan fingerprint density at radius 1 is 0.944 bits per heavy atom. The summed E-state index contributed by atoms with van der Waals surface area (Å²) in [6.07, 6.45) is 0. The molecular formula is C13H10BNO3. The lowest BCUT2D eigenvalue weighted by atomic mass is 9.77. The highest BCUT2D eigenvalue weighted by Gasteiger charge is 2.36. The van der Waals surface area contributed by atoms with Crippen LogP contribution in [-0.4, -0.2) is 23.1 Å². The van der Waals surface area contributed by atoms with Gasteiger partial charge in [-0.05, 0) is 23.7 Å². The lowest BCUT2D eigenvalue weighted by Gasteiger charge is -2.08. The largest absolute Gasteiger partial charge is 0.489 e. The first kappa shape index (κ1) is 11.0. The van der Waals surface area contributed by atoms with Crippen LogP contribution in [0, 0.1) is 0 Å². The second kappa shape index (κ2) is 3.98. The molecule has 5 heteroatoms. The van der Waals surface area contributed by atoms with Gasteiger partial charge < -0.3 is 10.0 Å². The van der Waals surface area contributed by atoms with Gasteiger partial charge in [0.2, 0.25) is 0 Å². The molecule has 2 N–H and O–H groups in total. The van der Waals surface area contributed by atoms with Gasteiger partial charge >= 0.3 is 7.12 Å². The average molecular weight is 239 g/mol. The van der Waals surface area contributed by atoms with E-state index in [2.05, 4.69) is 0 Å². The molecule has 0 unspecified atom stereocenters. The predicted octanol–water partition coefficient (Wildman–Crippen LogP) is 0.658.